The Morgan fingerprint density at radius 2 is 1.91 bits per heavy atom. The highest BCUT2D eigenvalue weighted by atomic mass is 14.8. The van der Waals surface area contributed by atoms with Gasteiger partial charge in [0.1, 0.15) is 0 Å². The Bertz CT molecular complexity index is 139. The molecule has 1 nitrogen and oxygen atoms in total. The standard InChI is InChI=1S/C10H21N/c1-5-8(2)10(6-7-10)9(3,4)11/h8H,5-7,11H2,1-4H3. The minimum absolute atomic E-state index is 0.0302. The largest absolute Gasteiger partial charge is 0.325 e. The number of hydrogen-bond acceptors (Lipinski definition) is 1. The van der Waals surface area contributed by atoms with Gasteiger partial charge in [0, 0.05) is 5.54 Å². The van der Waals surface area contributed by atoms with Crippen LogP contribution in [-0.4, -0.2) is 5.54 Å². The predicted molar refractivity (Wildman–Crippen MR) is 49.4 cm³/mol. The Balaban J connectivity index is 2.68. The van der Waals surface area contributed by atoms with Gasteiger partial charge in [0.05, 0.1) is 0 Å². The average molecular weight is 155 g/mol. The highest BCUT2D eigenvalue weighted by Gasteiger charge is 2.54. The van der Waals surface area contributed by atoms with Gasteiger partial charge in [0.15, 0.2) is 0 Å². The lowest BCUT2D eigenvalue weighted by molar-refractivity contribution is 0.197. The van der Waals surface area contributed by atoms with E-state index in [0.717, 1.165) is 5.92 Å². The van der Waals surface area contributed by atoms with Gasteiger partial charge < -0.3 is 5.73 Å². The van der Waals surface area contributed by atoms with Gasteiger partial charge in [-0.2, -0.15) is 0 Å². The van der Waals surface area contributed by atoms with Gasteiger partial charge in [0.2, 0.25) is 0 Å². The molecule has 0 spiro atoms. The summed E-state index contributed by atoms with van der Waals surface area (Å²) in [6.07, 6.45) is 3.94. The topological polar surface area (TPSA) is 26.0 Å². The van der Waals surface area contributed by atoms with Gasteiger partial charge in [0.25, 0.3) is 0 Å². The van der Waals surface area contributed by atoms with E-state index in [1.165, 1.54) is 19.3 Å². The maximum absolute atomic E-state index is 6.15. The molecule has 0 bridgehead atoms. The lowest BCUT2D eigenvalue weighted by atomic mass is 9.75. The van der Waals surface area contributed by atoms with Crippen molar-refractivity contribution in [2.75, 3.05) is 0 Å². The molecule has 1 fully saturated rings. The first-order valence-electron chi connectivity index (χ1n) is 4.73. The van der Waals surface area contributed by atoms with E-state index in [4.69, 9.17) is 5.73 Å². The third-order valence-electron chi connectivity index (χ3n) is 3.63. The molecule has 66 valence electrons. The maximum atomic E-state index is 6.15. The summed E-state index contributed by atoms with van der Waals surface area (Å²) < 4.78 is 0. The van der Waals surface area contributed by atoms with Crippen molar-refractivity contribution < 1.29 is 0 Å². The van der Waals surface area contributed by atoms with Crippen LogP contribution in [0.2, 0.25) is 0 Å². The Labute approximate surface area is 70.4 Å². The van der Waals surface area contributed by atoms with Crippen molar-refractivity contribution >= 4 is 0 Å². The summed E-state index contributed by atoms with van der Waals surface area (Å²) in [6.45, 7) is 8.94. The molecule has 0 aromatic rings. The van der Waals surface area contributed by atoms with Crippen molar-refractivity contribution in [2.45, 2.75) is 52.5 Å². The van der Waals surface area contributed by atoms with Crippen molar-refractivity contribution in [1.82, 2.24) is 0 Å². The second kappa shape index (κ2) is 2.48. The fourth-order valence-corrected chi connectivity index (χ4v) is 2.30. The SMILES string of the molecule is CCC(C)C1(C(C)(C)N)CC1. The Hall–Kier alpha value is -0.0400. The first-order valence-corrected chi connectivity index (χ1v) is 4.73. The summed E-state index contributed by atoms with van der Waals surface area (Å²) in [7, 11) is 0. The molecule has 0 heterocycles. The third kappa shape index (κ3) is 1.31. The minimum Gasteiger partial charge on any atom is -0.325 e. The zero-order valence-corrected chi connectivity index (χ0v) is 8.28. The smallest absolute Gasteiger partial charge is 0.0156 e. The third-order valence-corrected chi connectivity index (χ3v) is 3.63. The summed E-state index contributed by atoms with van der Waals surface area (Å²) in [5.74, 6) is 0.794. The zero-order chi connectivity index (χ0) is 8.70. The van der Waals surface area contributed by atoms with E-state index in [9.17, 15) is 0 Å². The van der Waals surface area contributed by atoms with E-state index in [0.29, 0.717) is 5.41 Å². The summed E-state index contributed by atoms with van der Waals surface area (Å²) in [4.78, 5) is 0. The lowest BCUT2D eigenvalue weighted by Gasteiger charge is -2.35. The molecule has 1 unspecified atom stereocenters. The molecule has 1 atom stereocenters. The van der Waals surface area contributed by atoms with Gasteiger partial charge in [-0.1, -0.05) is 20.3 Å². The molecule has 1 rings (SSSR count). The van der Waals surface area contributed by atoms with E-state index in [1.807, 2.05) is 0 Å². The van der Waals surface area contributed by atoms with E-state index in [-0.39, 0.29) is 5.54 Å². The van der Waals surface area contributed by atoms with Crippen molar-refractivity contribution in [3.63, 3.8) is 0 Å². The van der Waals surface area contributed by atoms with Gasteiger partial charge >= 0.3 is 0 Å². The second-order valence-corrected chi connectivity index (χ2v) is 4.69. The molecule has 0 radical (unpaired) electrons. The fraction of sp³-hybridized carbons (Fsp3) is 1.00. The quantitative estimate of drug-likeness (QED) is 0.666. The maximum Gasteiger partial charge on any atom is 0.0156 e. The van der Waals surface area contributed by atoms with E-state index >= 15 is 0 Å². The van der Waals surface area contributed by atoms with E-state index < -0.39 is 0 Å². The Morgan fingerprint density at radius 3 is 2.00 bits per heavy atom. The molecule has 0 aliphatic heterocycles. The molecule has 1 aliphatic carbocycles. The van der Waals surface area contributed by atoms with Crippen LogP contribution in [0.25, 0.3) is 0 Å². The summed E-state index contributed by atoms with van der Waals surface area (Å²) >= 11 is 0. The van der Waals surface area contributed by atoms with Crippen LogP contribution in [0.5, 0.6) is 0 Å². The molecule has 0 aromatic heterocycles. The number of hydrogen-bond donors (Lipinski definition) is 1. The first kappa shape index (κ1) is 9.05. The van der Waals surface area contributed by atoms with Crippen LogP contribution in [0.3, 0.4) is 0 Å². The Kier molecular flexibility index (Phi) is 2.04. The van der Waals surface area contributed by atoms with E-state index in [2.05, 4.69) is 27.7 Å². The molecule has 2 N–H and O–H groups in total. The monoisotopic (exact) mass is 155 g/mol. The Morgan fingerprint density at radius 1 is 1.45 bits per heavy atom. The molecule has 1 heteroatoms. The van der Waals surface area contributed by atoms with Crippen LogP contribution in [0.15, 0.2) is 0 Å². The summed E-state index contributed by atoms with van der Waals surface area (Å²) in [5.41, 5.74) is 6.66. The van der Waals surface area contributed by atoms with Gasteiger partial charge in [-0.25, -0.2) is 0 Å². The van der Waals surface area contributed by atoms with Crippen LogP contribution >= 0.6 is 0 Å². The molecule has 1 saturated carbocycles. The highest BCUT2D eigenvalue weighted by Crippen LogP contribution is 2.59. The summed E-state index contributed by atoms with van der Waals surface area (Å²) in [6, 6.07) is 0. The average Bonchev–Trinajstić information content (AvgIpc) is 2.63. The number of rotatable bonds is 3. The van der Waals surface area contributed by atoms with Crippen LogP contribution in [0.1, 0.15) is 47.0 Å². The van der Waals surface area contributed by atoms with Crippen LogP contribution in [-0.2, 0) is 0 Å². The molecule has 0 amide bonds. The summed E-state index contributed by atoms with van der Waals surface area (Å²) in [5, 5.41) is 0. The van der Waals surface area contributed by atoms with Gasteiger partial charge in [-0.3, -0.25) is 0 Å². The minimum atomic E-state index is 0.0302. The van der Waals surface area contributed by atoms with Crippen LogP contribution in [0.4, 0.5) is 0 Å². The van der Waals surface area contributed by atoms with E-state index in [1.54, 1.807) is 0 Å². The first-order chi connectivity index (χ1) is 4.94. The van der Waals surface area contributed by atoms with Crippen molar-refractivity contribution in [3.05, 3.63) is 0 Å². The normalized spacial score (nSPS) is 24.8. The van der Waals surface area contributed by atoms with Crippen molar-refractivity contribution in [1.29, 1.82) is 0 Å². The van der Waals surface area contributed by atoms with Gasteiger partial charge in [-0.05, 0) is 38.0 Å². The molecular formula is C10H21N. The van der Waals surface area contributed by atoms with Crippen molar-refractivity contribution in [3.8, 4) is 0 Å². The van der Waals surface area contributed by atoms with Crippen molar-refractivity contribution in [2.24, 2.45) is 17.1 Å². The zero-order valence-electron chi connectivity index (χ0n) is 8.28. The molecule has 1 aliphatic rings. The lowest BCUT2D eigenvalue weighted by Crippen LogP contribution is -2.45. The molecule has 11 heavy (non-hydrogen) atoms. The highest BCUT2D eigenvalue weighted by molar-refractivity contribution is 5.08. The van der Waals surface area contributed by atoms with Crippen LogP contribution in [0, 0.1) is 11.3 Å². The molecule has 0 aromatic carbocycles. The van der Waals surface area contributed by atoms with Crippen LogP contribution < -0.4 is 5.73 Å². The predicted octanol–water partition coefficient (Wildman–Crippen LogP) is 2.55. The number of nitrogens with two attached hydrogens (primary N) is 1. The molecule has 0 saturated heterocycles. The second-order valence-electron chi connectivity index (χ2n) is 4.69. The van der Waals surface area contributed by atoms with Gasteiger partial charge in [-0.15, -0.1) is 0 Å². The molecular weight excluding hydrogens is 134 g/mol. The fourth-order valence-electron chi connectivity index (χ4n) is 2.30.